The van der Waals surface area contributed by atoms with Gasteiger partial charge in [-0.3, -0.25) is 0 Å². The van der Waals surface area contributed by atoms with E-state index in [1.54, 1.807) is 0 Å². The smallest absolute Gasteiger partial charge is 0.0468 e. The second-order valence-corrected chi connectivity index (χ2v) is 5.44. The zero-order chi connectivity index (χ0) is 11.4. The van der Waals surface area contributed by atoms with E-state index in [-0.39, 0.29) is 0 Å². The van der Waals surface area contributed by atoms with E-state index in [0.29, 0.717) is 18.4 Å². The molecule has 1 unspecified atom stereocenters. The Kier molecular flexibility index (Phi) is 4.62. The summed E-state index contributed by atoms with van der Waals surface area (Å²) in [6, 6.07) is 0. The minimum absolute atomic E-state index is 0.374. The lowest BCUT2D eigenvalue weighted by atomic mass is 9.74. The van der Waals surface area contributed by atoms with Crippen LogP contribution in [0.25, 0.3) is 0 Å². The van der Waals surface area contributed by atoms with E-state index in [9.17, 15) is 5.11 Å². The van der Waals surface area contributed by atoms with Crippen molar-refractivity contribution in [2.75, 3.05) is 40.0 Å². The van der Waals surface area contributed by atoms with Crippen LogP contribution in [0.2, 0.25) is 0 Å². The van der Waals surface area contributed by atoms with Crippen LogP contribution in [0.3, 0.4) is 0 Å². The van der Waals surface area contributed by atoms with Crippen molar-refractivity contribution >= 4 is 0 Å². The molecule has 0 bridgehead atoms. The van der Waals surface area contributed by atoms with E-state index in [0.717, 1.165) is 32.0 Å². The van der Waals surface area contributed by atoms with Crippen LogP contribution in [0, 0.1) is 17.8 Å². The minimum Gasteiger partial charge on any atom is -0.396 e. The lowest BCUT2D eigenvalue weighted by molar-refractivity contribution is 0.00467. The molecule has 1 atom stereocenters. The van der Waals surface area contributed by atoms with Crippen molar-refractivity contribution in [3.63, 3.8) is 0 Å². The van der Waals surface area contributed by atoms with Crippen LogP contribution in [-0.2, 0) is 4.74 Å². The fourth-order valence-electron chi connectivity index (χ4n) is 3.28. The Labute approximate surface area is 98.8 Å². The zero-order valence-corrected chi connectivity index (χ0v) is 10.4. The van der Waals surface area contributed by atoms with Gasteiger partial charge in [0.1, 0.15) is 0 Å². The van der Waals surface area contributed by atoms with Gasteiger partial charge in [-0.05, 0) is 63.6 Å². The topological polar surface area (TPSA) is 32.7 Å². The molecule has 0 radical (unpaired) electrons. The second-order valence-electron chi connectivity index (χ2n) is 5.44. The van der Waals surface area contributed by atoms with Crippen molar-refractivity contribution in [3.8, 4) is 0 Å². The van der Waals surface area contributed by atoms with Gasteiger partial charge in [0.15, 0.2) is 0 Å². The van der Waals surface area contributed by atoms with Crippen LogP contribution in [0.1, 0.15) is 25.7 Å². The summed E-state index contributed by atoms with van der Waals surface area (Å²) in [6.45, 7) is 4.56. The molecule has 16 heavy (non-hydrogen) atoms. The van der Waals surface area contributed by atoms with Crippen molar-refractivity contribution in [1.82, 2.24) is 4.90 Å². The SMILES string of the molecule is CN1CCC(C(CO)C2CCOCC2)CC1. The predicted octanol–water partition coefficient (Wildman–Crippen LogP) is 1.36. The standard InChI is InChI=1S/C13H25NO2/c1-14-6-2-11(3-7-14)13(10-15)12-4-8-16-9-5-12/h11-13,15H,2-10H2,1H3. The molecule has 0 aromatic rings. The van der Waals surface area contributed by atoms with Gasteiger partial charge in [0.25, 0.3) is 0 Å². The van der Waals surface area contributed by atoms with E-state index >= 15 is 0 Å². The second kappa shape index (κ2) is 5.99. The molecule has 0 spiro atoms. The van der Waals surface area contributed by atoms with Gasteiger partial charge >= 0.3 is 0 Å². The maximum Gasteiger partial charge on any atom is 0.0468 e. The maximum atomic E-state index is 9.64. The monoisotopic (exact) mass is 227 g/mol. The summed E-state index contributed by atoms with van der Waals surface area (Å²) in [5, 5.41) is 9.64. The molecule has 0 aromatic carbocycles. The predicted molar refractivity (Wildman–Crippen MR) is 64.3 cm³/mol. The van der Waals surface area contributed by atoms with Crippen LogP contribution in [-0.4, -0.2) is 50.0 Å². The van der Waals surface area contributed by atoms with Gasteiger partial charge in [0.2, 0.25) is 0 Å². The number of piperidine rings is 1. The molecule has 2 aliphatic rings. The van der Waals surface area contributed by atoms with E-state index in [1.807, 2.05) is 0 Å². The Morgan fingerprint density at radius 3 is 2.25 bits per heavy atom. The lowest BCUT2D eigenvalue weighted by Gasteiger charge is -2.38. The summed E-state index contributed by atoms with van der Waals surface area (Å²) >= 11 is 0. The number of rotatable bonds is 3. The summed E-state index contributed by atoms with van der Waals surface area (Å²) < 4.78 is 5.41. The molecule has 2 rings (SSSR count). The van der Waals surface area contributed by atoms with Crippen LogP contribution >= 0.6 is 0 Å². The molecule has 2 aliphatic heterocycles. The molecule has 3 heteroatoms. The molecule has 2 heterocycles. The highest BCUT2D eigenvalue weighted by atomic mass is 16.5. The van der Waals surface area contributed by atoms with Gasteiger partial charge in [-0.15, -0.1) is 0 Å². The number of nitrogens with zero attached hydrogens (tertiary/aromatic N) is 1. The average molecular weight is 227 g/mol. The van der Waals surface area contributed by atoms with Crippen molar-refractivity contribution < 1.29 is 9.84 Å². The van der Waals surface area contributed by atoms with Crippen LogP contribution in [0.15, 0.2) is 0 Å². The molecule has 0 amide bonds. The summed E-state index contributed by atoms with van der Waals surface area (Å²) in [5.74, 6) is 1.97. The zero-order valence-electron chi connectivity index (χ0n) is 10.4. The third-order valence-electron chi connectivity index (χ3n) is 4.45. The van der Waals surface area contributed by atoms with E-state index < -0.39 is 0 Å². The normalized spacial score (nSPS) is 28.1. The van der Waals surface area contributed by atoms with Crippen molar-refractivity contribution in [1.29, 1.82) is 0 Å². The van der Waals surface area contributed by atoms with Crippen molar-refractivity contribution in [2.24, 2.45) is 17.8 Å². The van der Waals surface area contributed by atoms with Gasteiger partial charge in [-0.1, -0.05) is 0 Å². The largest absolute Gasteiger partial charge is 0.396 e. The number of aliphatic hydroxyl groups is 1. The lowest BCUT2D eigenvalue weighted by Crippen LogP contribution is -2.38. The van der Waals surface area contributed by atoms with Gasteiger partial charge in [0.05, 0.1) is 0 Å². The molecule has 1 N–H and O–H groups in total. The number of likely N-dealkylation sites (tertiary alicyclic amines) is 1. The molecule has 2 saturated heterocycles. The highest BCUT2D eigenvalue weighted by Crippen LogP contribution is 2.34. The first-order chi connectivity index (χ1) is 7.81. The first kappa shape index (κ1) is 12.3. The Hall–Kier alpha value is -0.120. The van der Waals surface area contributed by atoms with Gasteiger partial charge in [0, 0.05) is 19.8 Å². The maximum absolute atomic E-state index is 9.64. The minimum atomic E-state index is 0.374. The molecular weight excluding hydrogens is 202 g/mol. The fraction of sp³-hybridized carbons (Fsp3) is 1.00. The third kappa shape index (κ3) is 2.96. The number of hydrogen-bond acceptors (Lipinski definition) is 3. The Balaban J connectivity index is 1.88. The number of hydrogen-bond donors (Lipinski definition) is 1. The first-order valence-corrected chi connectivity index (χ1v) is 6.68. The average Bonchev–Trinajstić information content (AvgIpc) is 2.34. The van der Waals surface area contributed by atoms with Crippen molar-refractivity contribution in [2.45, 2.75) is 25.7 Å². The Morgan fingerprint density at radius 2 is 1.69 bits per heavy atom. The highest BCUT2D eigenvalue weighted by Gasteiger charge is 2.31. The van der Waals surface area contributed by atoms with Crippen LogP contribution in [0.4, 0.5) is 0 Å². The summed E-state index contributed by atoms with van der Waals surface area (Å²) in [6.07, 6.45) is 4.83. The summed E-state index contributed by atoms with van der Waals surface area (Å²) in [7, 11) is 2.19. The molecule has 2 fully saturated rings. The first-order valence-electron chi connectivity index (χ1n) is 6.68. The number of ether oxygens (including phenoxy) is 1. The van der Waals surface area contributed by atoms with E-state index in [4.69, 9.17) is 4.74 Å². The van der Waals surface area contributed by atoms with Gasteiger partial charge in [-0.25, -0.2) is 0 Å². The third-order valence-corrected chi connectivity index (χ3v) is 4.45. The van der Waals surface area contributed by atoms with Gasteiger partial charge < -0.3 is 14.7 Å². The highest BCUT2D eigenvalue weighted by molar-refractivity contribution is 4.82. The quantitative estimate of drug-likeness (QED) is 0.790. The van der Waals surface area contributed by atoms with E-state index in [2.05, 4.69) is 11.9 Å². The van der Waals surface area contributed by atoms with E-state index in [1.165, 1.54) is 25.9 Å². The Morgan fingerprint density at radius 1 is 1.12 bits per heavy atom. The fourth-order valence-corrected chi connectivity index (χ4v) is 3.28. The van der Waals surface area contributed by atoms with Crippen LogP contribution in [0.5, 0.6) is 0 Å². The molecule has 94 valence electrons. The summed E-state index contributed by atoms with van der Waals surface area (Å²) in [4.78, 5) is 2.40. The van der Waals surface area contributed by atoms with Crippen molar-refractivity contribution in [3.05, 3.63) is 0 Å². The molecule has 0 saturated carbocycles. The summed E-state index contributed by atoms with van der Waals surface area (Å²) in [5.41, 5.74) is 0. The molecule has 0 aliphatic carbocycles. The molecule has 0 aromatic heterocycles. The van der Waals surface area contributed by atoms with Crippen LogP contribution < -0.4 is 0 Å². The molecule has 3 nitrogen and oxygen atoms in total. The number of aliphatic hydroxyl groups excluding tert-OH is 1. The van der Waals surface area contributed by atoms with Gasteiger partial charge in [-0.2, -0.15) is 0 Å². The molecular formula is C13H25NO2. The Bertz CT molecular complexity index is 196.